The van der Waals surface area contributed by atoms with Crippen LogP contribution in [0.1, 0.15) is 44.8 Å². The molecule has 1 saturated carbocycles. The number of pyridine rings is 2. The van der Waals surface area contributed by atoms with E-state index in [1.165, 1.54) is 13.1 Å². The van der Waals surface area contributed by atoms with Crippen LogP contribution in [0.3, 0.4) is 0 Å². The lowest BCUT2D eigenvalue weighted by Crippen LogP contribution is -2.20. The van der Waals surface area contributed by atoms with Gasteiger partial charge in [0.05, 0.1) is 36.7 Å². The molecule has 0 spiro atoms. The molecule has 0 bridgehead atoms. The Labute approximate surface area is 159 Å². The fourth-order valence-electron chi connectivity index (χ4n) is 2.85. The monoisotopic (exact) mass is 390 g/mol. The van der Waals surface area contributed by atoms with Crippen molar-refractivity contribution in [1.82, 2.24) is 9.55 Å². The molecule has 2 aromatic rings. The van der Waals surface area contributed by atoms with Gasteiger partial charge in [-0.3, -0.25) is 14.4 Å². The molecule has 2 aromatic heterocycles. The summed E-state index contributed by atoms with van der Waals surface area (Å²) in [4.78, 5) is 51.4. The highest BCUT2D eigenvalue weighted by atomic mass is 19.1. The normalized spacial score (nSPS) is 13.4. The minimum atomic E-state index is -1.03. The van der Waals surface area contributed by atoms with Crippen LogP contribution in [0.5, 0.6) is 5.75 Å². The molecule has 0 radical (unpaired) electrons. The molecule has 28 heavy (non-hydrogen) atoms. The standard InChI is InChI=1S/C19H19FN2O6/c1-3-27-19(26)28-16-9-22(11-4-5-11)18-13(17(16)25)8-14(20)15(21-18)7-12(24)6-10(2)23/h8-9,11H,3-7H2,1-2H3. The molecule has 148 valence electrons. The van der Waals surface area contributed by atoms with Crippen molar-refractivity contribution in [2.75, 3.05) is 6.61 Å². The van der Waals surface area contributed by atoms with Crippen LogP contribution in [0.25, 0.3) is 11.0 Å². The molecule has 3 rings (SSSR count). The van der Waals surface area contributed by atoms with Crippen LogP contribution >= 0.6 is 0 Å². The molecule has 0 amide bonds. The Balaban J connectivity index is 2.06. The predicted molar refractivity (Wildman–Crippen MR) is 95.9 cm³/mol. The summed E-state index contributed by atoms with van der Waals surface area (Å²) in [6, 6.07) is 1.02. The molecule has 1 aliphatic carbocycles. The third kappa shape index (κ3) is 4.24. The molecule has 0 atom stereocenters. The van der Waals surface area contributed by atoms with Gasteiger partial charge in [-0.2, -0.15) is 0 Å². The van der Waals surface area contributed by atoms with Crippen molar-refractivity contribution in [3.8, 4) is 5.75 Å². The number of carbonyl (C=O) groups excluding carboxylic acids is 3. The third-order valence-corrected chi connectivity index (χ3v) is 4.20. The summed E-state index contributed by atoms with van der Waals surface area (Å²) in [5.74, 6) is -1.89. The summed E-state index contributed by atoms with van der Waals surface area (Å²) < 4.78 is 25.8. The summed E-state index contributed by atoms with van der Waals surface area (Å²) in [5, 5.41) is -0.0611. The lowest BCUT2D eigenvalue weighted by molar-refractivity contribution is -0.125. The Bertz CT molecular complexity index is 1030. The highest BCUT2D eigenvalue weighted by molar-refractivity contribution is 5.98. The first-order valence-electron chi connectivity index (χ1n) is 8.90. The van der Waals surface area contributed by atoms with Gasteiger partial charge in [0, 0.05) is 6.04 Å². The van der Waals surface area contributed by atoms with Gasteiger partial charge in [-0.25, -0.2) is 14.2 Å². The number of nitrogens with zero attached hydrogens (tertiary/aromatic N) is 2. The van der Waals surface area contributed by atoms with Gasteiger partial charge >= 0.3 is 6.16 Å². The number of fused-ring (bicyclic) bond motifs is 1. The summed E-state index contributed by atoms with van der Waals surface area (Å²) in [6.45, 7) is 2.95. The molecule has 0 saturated heterocycles. The molecular formula is C19H19FN2O6. The molecule has 0 unspecified atom stereocenters. The largest absolute Gasteiger partial charge is 0.514 e. The van der Waals surface area contributed by atoms with E-state index in [1.54, 1.807) is 11.5 Å². The average molecular weight is 390 g/mol. The number of ketones is 2. The topological polar surface area (TPSA) is 105 Å². The summed E-state index contributed by atoms with van der Waals surface area (Å²) >= 11 is 0. The second-order valence-electron chi connectivity index (χ2n) is 6.63. The summed E-state index contributed by atoms with van der Waals surface area (Å²) in [7, 11) is 0. The van der Waals surface area contributed by atoms with Crippen molar-refractivity contribution >= 4 is 28.8 Å². The number of hydrogen-bond donors (Lipinski definition) is 0. The Hall–Kier alpha value is -3.10. The zero-order valence-electron chi connectivity index (χ0n) is 15.5. The molecule has 0 aliphatic heterocycles. The van der Waals surface area contributed by atoms with E-state index in [2.05, 4.69) is 9.72 Å². The highest BCUT2D eigenvalue weighted by Crippen LogP contribution is 2.37. The van der Waals surface area contributed by atoms with Crippen LogP contribution in [0.4, 0.5) is 9.18 Å². The lowest BCUT2D eigenvalue weighted by Gasteiger charge is -2.13. The Kier molecular flexibility index (Phi) is 5.53. The number of Topliss-reactive ketones (excluding diaryl/α,β-unsaturated/α-hetero) is 2. The van der Waals surface area contributed by atoms with E-state index in [-0.39, 0.29) is 53.8 Å². The number of rotatable bonds is 7. The Morgan fingerprint density at radius 1 is 1.32 bits per heavy atom. The Morgan fingerprint density at radius 2 is 2.04 bits per heavy atom. The van der Waals surface area contributed by atoms with Gasteiger partial charge in [0.25, 0.3) is 0 Å². The van der Waals surface area contributed by atoms with E-state index in [0.29, 0.717) is 0 Å². The van der Waals surface area contributed by atoms with Crippen LogP contribution in [0.15, 0.2) is 17.1 Å². The first-order valence-corrected chi connectivity index (χ1v) is 8.90. The van der Waals surface area contributed by atoms with Gasteiger partial charge in [-0.05, 0) is 32.8 Å². The maximum atomic E-state index is 14.5. The van der Waals surface area contributed by atoms with Gasteiger partial charge in [-0.1, -0.05) is 0 Å². The van der Waals surface area contributed by atoms with E-state index in [4.69, 9.17) is 4.74 Å². The first-order chi connectivity index (χ1) is 13.3. The second kappa shape index (κ2) is 7.87. The fraction of sp³-hybridized carbons (Fsp3) is 0.421. The molecule has 9 heteroatoms. The minimum Gasteiger partial charge on any atom is -0.434 e. The average Bonchev–Trinajstić information content (AvgIpc) is 3.43. The van der Waals surface area contributed by atoms with Crippen LogP contribution in [-0.4, -0.2) is 33.9 Å². The van der Waals surface area contributed by atoms with Crippen LogP contribution in [0.2, 0.25) is 0 Å². The number of halogens is 1. The second-order valence-corrected chi connectivity index (χ2v) is 6.63. The summed E-state index contributed by atoms with van der Waals surface area (Å²) in [5.41, 5.74) is -0.629. The number of aromatic nitrogens is 2. The third-order valence-electron chi connectivity index (χ3n) is 4.20. The zero-order chi connectivity index (χ0) is 20.4. The molecule has 0 N–H and O–H groups in total. The van der Waals surface area contributed by atoms with Crippen molar-refractivity contribution in [1.29, 1.82) is 0 Å². The minimum absolute atomic E-state index is 0.0337. The quantitative estimate of drug-likeness (QED) is 0.528. The smallest absolute Gasteiger partial charge is 0.434 e. The van der Waals surface area contributed by atoms with Gasteiger partial charge in [0.15, 0.2) is 5.75 Å². The predicted octanol–water partition coefficient (Wildman–Crippen LogP) is 2.50. The van der Waals surface area contributed by atoms with Crippen LogP contribution < -0.4 is 10.2 Å². The van der Waals surface area contributed by atoms with Crippen LogP contribution in [-0.2, 0) is 20.7 Å². The van der Waals surface area contributed by atoms with Gasteiger partial charge in [0.1, 0.15) is 23.0 Å². The maximum absolute atomic E-state index is 14.5. The molecule has 1 aliphatic rings. The van der Waals surface area contributed by atoms with Gasteiger partial charge in [0.2, 0.25) is 5.43 Å². The molecule has 0 aromatic carbocycles. The Morgan fingerprint density at radius 3 is 2.64 bits per heavy atom. The van der Waals surface area contributed by atoms with Crippen molar-refractivity contribution < 1.29 is 28.2 Å². The van der Waals surface area contributed by atoms with E-state index in [9.17, 15) is 23.6 Å². The van der Waals surface area contributed by atoms with Crippen molar-refractivity contribution in [2.24, 2.45) is 0 Å². The lowest BCUT2D eigenvalue weighted by atomic mass is 10.1. The fourth-order valence-corrected chi connectivity index (χ4v) is 2.85. The number of ether oxygens (including phenoxy) is 2. The number of hydrogen-bond acceptors (Lipinski definition) is 7. The van der Waals surface area contributed by atoms with E-state index in [1.807, 2.05) is 0 Å². The van der Waals surface area contributed by atoms with E-state index in [0.717, 1.165) is 18.9 Å². The van der Waals surface area contributed by atoms with Crippen LogP contribution in [0, 0.1) is 5.82 Å². The SMILES string of the molecule is CCOC(=O)Oc1cn(C2CC2)c2nc(CC(=O)CC(C)=O)c(F)cc2c1=O. The number of carbonyl (C=O) groups is 3. The molecular weight excluding hydrogens is 371 g/mol. The van der Waals surface area contributed by atoms with E-state index >= 15 is 0 Å². The zero-order valence-corrected chi connectivity index (χ0v) is 15.5. The van der Waals surface area contributed by atoms with Crippen molar-refractivity contribution in [2.45, 2.75) is 45.6 Å². The molecule has 2 heterocycles. The highest BCUT2D eigenvalue weighted by Gasteiger charge is 2.28. The summed E-state index contributed by atoms with van der Waals surface area (Å²) in [6.07, 6.45) is 1.33. The first kappa shape index (κ1) is 19.7. The molecule has 8 nitrogen and oxygen atoms in total. The van der Waals surface area contributed by atoms with Gasteiger partial charge < -0.3 is 14.0 Å². The van der Waals surface area contributed by atoms with Crippen molar-refractivity contribution in [3.63, 3.8) is 0 Å². The maximum Gasteiger partial charge on any atom is 0.514 e. The van der Waals surface area contributed by atoms with Crippen molar-refractivity contribution in [3.05, 3.63) is 34.0 Å². The van der Waals surface area contributed by atoms with E-state index < -0.39 is 23.2 Å². The van der Waals surface area contributed by atoms with Gasteiger partial charge in [-0.15, -0.1) is 0 Å². The molecule has 1 fully saturated rings.